The monoisotopic (exact) mass is 461 g/mol. The molecule has 12 nitrogen and oxygen atoms in total. The second kappa shape index (κ2) is 9.94. The summed E-state index contributed by atoms with van der Waals surface area (Å²) >= 11 is 0. The summed E-state index contributed by atoms with van der Waals surface area (Å²) < 4.78 is 5.11. The zero-order chi connectivity index (χ0) is 24.2. The highest BCUT2D eigenvalue weighted by Crippen LogP contribution is 2.42. The molecule has 2 saturated heterocycles. The van der Waals surface area contributed by atoms with Gasteiger partial charge >= 0.3 is 0 Å². The van der Waals surface area contributed by atoms with Gasteiger partial charge in [0.2, 0.25) is 5.76 Å². The molecule has 2 aromatic rings. The number of fused-ring (bicyclic) bond motifs is 1. The minimum Gasteiger partial charge on any atom is -0.483 e. The number of aliphatic hydroxyl groups is 1. The molecule has 4 heterocycles. The Morgan fingerprint density at radius 3 is 2.64 bits per heavy atom. The Labute approximate surface area is 189 Å². The van der Waals surface area contributed by atoms with Crippen LogP contribution in [-0.2, 0) is 4.79 Å². The van der Waals surface area contributed by atoms with E-state index in [0.717, 1.165) is 12.8 Å². The Hall–Kier alpha value is -3.54. The zero-order valence-corrected chi connectivity index (χ0v) is 18.5. The first-order valence-corrected chi connectivity index (χ1v) is 10.5. The van der Waals surface area contributed by atoms with E-state index in [4.69, 9.17) is 14.4 Å². The molecule has 2 aliphatic heterocycles. The average Bonchev–Trinajstić information content (AvgIpc) is 3.24. The molecule has 0 unspecified atom stereocenters. The summed E-state index contributed by atoms with van der Waals surface area (Å²) in [6, 6.07) is 1.17. The number of carbonyl (C=O) groups excluding carboxylic acids is 2. The molecule has 0 bridgehead atoms. The van der Waals surface area contributed by atoms with Gasteiger partial charge in [0, 0.05) is 37.3 Å². The van der Waals surface area contributed by atoms with Gasteiger partial charge in [0.05, 0.1) is 18.3 Å². The predicted octanol–water partition coefficient (Wildman–Crippen LogP) is 0.205. The van der Waals surface area contributed by atoms with Crippen molar-refractivity contribution < 1.29 is 29.1 Å². The molecule has 12 heteroatoms. The number of rotatable bonds is 3. The normalized spacial score (nSPS) is 22.1. The summed E-state index contributed by atoms with van der Waals surface area (Å²) in [6.45, 7) is 4.19. The van der Waals surface area contributed by atoms with E-state index in [1.165, 1.54) is 6.20 Å². The zero-order valence-electron chi connectivity index (χ0n) is 18.5. The fraction of sp³-hybridized carbons (Fsp3) is 0.524. The van der Waals surface area contributed by atoms with Gasteiger partial charge in [-0.15, -0.1) is 0 Å². The first kappa shape index (κ1) is 24.1. The standard InChI is InChI=1S/C20H25N5O5.CH2O2/c1-12-8-15(30-23-12)19(29)24-7-5-20(11-26)4-3-6-25(16(20)10-24)18(28)14-9-21-13(2)22-17(14)27;2-1-3/h8-9,16,26H,3-7,10-11H2,1-2H3,(H,21,22,27);1H,(H,2,3)/t16-,20-;/m0./s1. The summed E-state index contributed by atoms with van der Waals surface area (Å²) in [5.41, 5.74) is -0.426. The van der Waals surface area contributed by atoms with Crippen LogP contribution < -0.4 is 5.56 Å². The number of carbonyl (C=O) groups is 3. The molecule has 0 aromatic carbocycles. The number of aliphatic hydroxyl groups excluding tert-OH is 1. The maximum atomic E-state index is 13.2. The third kappa shape index (κ3) is 4.80. The second-order valence-corrected chi connectivity index (χ2v) is 8.29. The molecular weight excluding hydrogens is 434 g/mol. The van der Waals surface area contributed by atoms with E-state index in [1.54, 1.807) is 29.7 Å². The predicted molar refractivity (Wildman–Crippen MR) is 114 cm³/mol. The Morgan fingerprint density at radius 2 is 2.03 bits per heavy atom. The number of nitrogens with zero attached hydrogens (tertiary/aromatic N) is 4. The number of aromatic nitrogens is 3. The molecule has 0 aliphatic carbocycles. The molecule has 2 aromatic heterocycles. The van der Waals surface area contributed by atoms with Gasteiger partial charge in [0.1, 0.15) is 11.4 Å². The molecule has 0 spiro atoms. The van der Waals surface area contributed by atoms with Crippen LogP contribution in [-0.4, -0.2) is 85.7 Å². The first-order valence-electron chi connectivity index (χ1n) is 10.5. The van der Waals surface area contributed by atoms with Gasteiger partial charge in [-0.25, -0.2) is 4.98 Å². The summed E-state index contributed by atoms with van der Waals surface area (Å²) in [5.74, 6) is -0.153. The van der Waals surface area contributed by atoms with Crippen LogP contribution in [0.15, 0.2) is 21.6 Å². The smallest absolute Gasteiger partial charge is 0.292 e. The van der Waals surface area contributed by atoms with Crippen molar-refractivity contribution in [3.8, 4) is 0 Å². The third-order valence-electron chi connectivity index (χ3n) is 6.29. The van der Waals surface area contributed by atoms with Crippen molar-refractivity contribution in [1.82, 2.24) is 24.9 Å². The third-order valence-corrected chi connectivity index (χ3v) is 6.29. The van der Waals surface area contributed by atoms with Crippen LogP contribution in [0.4, 0.5) is 0 Å². The number of hydrogen-bond donors (Lipinski definition) is 3. The number of aromatic amines is 1. The van der Waals surface area contributed by atoms with Crippen LogP contribution >= 0.6 is 0 Å². The maximum Gasteiger partial charge on any atom is 0.292 e. The number of carboxylic acid groups (broad SMARTS) is 1. The van der Waals surface area contributed by atoms with Gasteiger partial charge in [-0.3, -0.25) is 19.2 Å². The molecule has 2 aliphatic rings. The lowest BCUT2D eigenvalue weighted by molar-refractivity contribution is -0.122. The second-order valence-electron chi connectivity index (χ2n) is 8.29. The van der Waals surface area contributed by atoms with E-state index < -0.39 is 22.9 Å². The minimum absolute atomic E-state index is 0.0383. The highest BCUT2D eigenvalue weighted by molar-refractivity contribution is 5.94. The quantitative estimate of drug-likeness (QED) is 0.540. The van der Waals surface area contributed by atoms with Crippen LogP contribution in [0, 0.1) is 19.3 Å². The van der Waals surface area contributed by atoms with Crippen molar-refractivity contribution in [2.45, 2.75) is 39.2 Å². The number of nitrogens with one attached hydrogen (secondary N) is 1. The molecule has 2 amide bonds. The topological polar surface area (TPSA) is 170 Å². The lowest BCUT2D eigenvalue weighted by atomic mass is 9.68. The average molecular weight is 461 g/mol. The van der Waals surface area contributed by atoms with Gasteiger partial charge in [0.25, 0.3) is 23.8 Å². The van der Waals surface area contributed by atoms with Crippen LogP contribution in [0.2, 0.25) is 0 Å². The minimum atomic E-state index is -0.507. The van der Waals surface area contributed by atoms with Crippen molar-refractivity contribution in [3.05, 3.63) is 45.5 Å². The first-order chi connectivity index (χ1) is 15.8. The molecule has 0 radical (unpaired) electrons. The van der Waals surface area contributed by atoms with Crippen molar-refractivity contribution in [1.29, 1.82) is 0 Å². The van der Waals surface area contributed by atoms with E-state index in [0.29, 0.717) is 31.0 Å². The molecule has 178 valence electrons. The molecule has 33 heavy (non-hydrogen) atoms. The Morgan fingerprint density at radius 1 is 1.30 bits per heavy atom. The Bertz CT molecular complexity index is 1080. The van der Waals surface area contributed by atoms with Gasteiger partial charge in [-0.1, -0.05) is 5.16 Å². The fourth-order valence-electron chi connectivity index (χ4n) is 4.60. The number of piperidine rings is 2. The number of aryl methyl sites for hydroxylation is 2. The van der Waals surface area contributed by atoms with Crippen molar-refractivity contribution in [2.75, 3.05) is 26.2 Å². The van der Waals surface area contributed by atoms with Gasteiger partial charge in [-0.05, 0) is 33.1 Å². The fourth-order valence-corrected chi connectivity index (χ4v) is 4.60. The van der Waals surface area contributed by atoms with Crippen molar-refractivity contribution in [3.63, 3.8) is 0 Å². The lowest BCUT2D eigenvalue weighted by Crippen LogP contribution is -2.64. The largest absolute Gasteiger partial charge is 0.483 e. The summed E-state index contributed by atoms with van der Waals surface area (Å²) in [6.07, 6.45) is 3.31. The molecule has 3 N–H and O–H groups in total. The maximum absolute atomic E-state index is 13.2. The highest BCUT2D eigenvalue weighted by Gasteiger charge is 2.50. The number of H-pyrrole nitrogens is 1. The van der Waals surface area contributed by atoms with E-state index in [-0.39, 0.29) is 36.9 Å². The van der Waals surface area contributed by atoms with Crippen LogP contribution in [0.1, 0.15) is 51.7 Å². The lowest BCUT2D eigenvalue weighted by Gasteiger charge is -2.54. The van der Waals surface area contributed by atoms with Crippen LogP contribution in [0.3, 0.4) is 0 Å². The van der Waals surface area contributed by atoms with Crippen molar-refractivity contribution in [2.24, 2.45) is 5.41 Å². The highest BCUT2D eigenvalue weighted by atomic mass is 16.5. The summed E-state index contributed by atoms with van der Waals surface area (Å²) in [7, 11) is 0. The SMILES string of the molecule is Cc1cc(C(=O)N2CC[C@]3(CO)CCCN(C(=O)c4cnc(C)[nH]c4=O)[C@H]3C2)on1.O=CO. The molecule has 4 rings (SSSR count). The molecule has 2 atom stereocenters. The van der Waals surface area contributed by atoms with Crippen molar-refractivity contribution >= 4 is 18.3 Å². The summed E-state index contributed by atoms with van der Waals surface area (Å²) in [4.78, 5) is 56.7. The van der Waals surface area contributed by atoms with Gasteiger partial charge in [-0.2, -0.15) is 0 Å². The van der Waals surface area contributed by atoms with E-state index >= 15 is 0 Å². The van der Waals surface area contributed by atoms with Gasteiger partial charge in [0.15, 0.2) is 0 Å². The molecular formula is C21H27N5O7. The number of amides is 2. The van der Waals surface area contributed by atoms with Crippen LogP contribution in [0.25, 0.3) is 0 Å². The Balaban J connectivity index is 0.000000968. The number of hydrogen-bond acceptors (Lipinski definition) is 8. The van der Waals surface area contributed by atoms with Gasteiger partial charge < -0.3 is 29.5 Å². The van der Waals surface area contributed by atoms with E-state index in [2.05, 4.69) is 15.1 Å². The molecule has 0 saturated carbocycles. The molecule has 2 fully saturated rings. The van der Waals surface area contributed by atoms with E-state index in [1.807, 2.05) is 0 Å². The Kier molecular flexibility index (Phi) is 7.26. The number of likely N-dealkylation sites (tertiary alicyclic amines) is 2. The van der Waals surface area contributed by atoms with E-state index in [9.17, 15) is 19.5 Å². The van der Waals surface area contributed by atoms with Crippen LogP contribution in [0.5, 0.6) is 0 Å². The summed E-state index contributed by atoms with van der Waals surface area (Å²) in [5, 5.41) is 20.9.